The quantitative estimate of drug-likeness (QED) is 0.572. The van der Waals surface area contributed by atoms with Crippen LogP contribution in [0.5, 0.6) is 0 Å². The third kappa shape index (κ3) is 5.45. The van der Waals surface area contributed by atoms with Gasteiger partial charge in [-0.05, 0) is 6.92 Å². The lowest BCUT2D eigenvalue weighted by Gasteiger charge is -2.29. The first-order valence-corrected chi connectivity index (χ1v) is 5.95. The minimum absolute atomic E-state index is 0.0347. The van der Waals surface area contributed by atoms with Crippen molar-refractivity contribution in [2.45, 2.75) is 19.1 Å². The van der Waals surface area contributed by atoms with Crippen LogP contribution < -0.4 is 10.6 Å². The number of morpholine rings is 1. The molecule has 2 atom stereocenters. The number of hydrogen-bond acceptors (Lipinski definition) is 5. The molecule has 1 aliphatic heterocycles. The van der Waals surface area contributed by atoms with Crippen LogP contribution in [-0.4, -0.2) is 64.7 Å². The summed E-state index contributed by atoms with van der Waals surface area (Å²) >= 11 is 0. The fraction of sp³-hybridized carbons (Fsp3) is 0.909. The highest BCUT2D eigenvalue weighted by molar-refractivity contribution is 5.82. The van der Waals surface area contributed by atoms with Crippen molar-refractivity contribution in [3.05, 3.63) is 0 Å². The van der Waals surface area contributed by atoms with Crippen LogP contribution in [0, 0.1) is 0 Å². The van der Waals surface area contributed by atoms with Gasteiger partial charge in [-0.1, -0.05) is 0 Å². The molecule has 0 aromatic carbocycles. The molecule has 0 spiro atoms. The lowest BCUT2D eigenvalue weighted by molar-refractivity contribution is -0.129. The average Bonchev–Trinajstić information content (AvgIpc) is 2.34. The third-order valence-electron chi connectivity index (χ3n) is 2.58. The molecule has 6 heteroatoms. The summed E-state index contributed by atoms with van der Waals surface area (Å²) in [6, 6.07) is -0.261. The smallest absolute Gasteiger partial charge is 0.239 e. The molecule has 0 bridgehead atoms. The van der Waals surface area contributed by atoms with E-state index in [0.717, 1.165) is 0 Å². The van der Waals surface area contributed by atoms with Gasteiger partial charge in [-0.15, -0.1) is 0 Å². The number of amides is 1. The summed E-state index contributed by atoms with van der Waals surface area (Å²) in [6.45, 7) is 5.39. The Kier molecular flexibility index (Phi) is 7.11. The molecule has 1 aliphatic rings. The molecule has 1 fully saturated rings. The van der Waals surface area contributed by atoms with E-state index in [1.165, 1.54) is 0 Å². The summed E-state index contributed by atoms with van der Waals surface area (Å²) in [5.74, 6) is -0.0347. The monoisotopic (exact) mass is 246 g/mol. The first-order chi connectivity index (χ1) is 8.25. The van der Waals surface area contributed by atoms with E-state index in [-0.39, 0.29) is 18.1 Å². The van der Waals surface area contributed by atoms with Crippen molar-refractivity contribution in [1.82, 2.24) is 10.6 Å². The fourth-order valence-corrected chi connectivity index (χ4v) is 1.63. The topological polar surface area (TPSA) is 68.8 Å². The number of hydrogen-bond donors (Lipinski definition) is 2. The lowest BCUT2D eigenvalue weighted by Crippen LogP contribution is -2.55. The van der Waals surface area contributed by atoms with Crippen molar-refractivity contribution in [3.8, 4) is 0 Å². The molecule has 6 nitrogen and oxygen atoms in total. The number of methoxy groups -OCH3 is 1. The summed E-state index contributed by atoms with van der Waals surface area (Å²) in [5, 5.41) is 5.94. The Balaban J connectivity index is 2.07. The molecular weight excluding hydrogens is 224 g/mol. The zero-order valence-corrected chi connectivity index (χ0v) is 10.5. The van der Waals surface area contributed by atoms with Crippen LogP contribution >= 0.6 is 0 Å². The minimum atomic E-state index is -0.261. The average molecular weight is 246 g/mol. The van der Waals surface area contributed by atoms with E-state index in [0.29, 0.717) is 39.5 Å². The number of nitrogens with one attached hydrogen (secondary N) is 2. The van der Waals surface area contributed by atoms with E-state index in [2.05, 4.69) is 10.6 Å². The van der Waals surface area contributed by atoms with Crippen molar-refractivity contribution in [2.24, 2.45) is 0 Å². The molecule has 0 aliphatic carbocycles. The lowest BCUT2D eigenvalue weighted by atomic mass is 10.1. The van der Waals surface area contributed by atoms with E-state index in [1.54, 1.807) is 7.11 Å². The van der Waals surface area contributed by atoms with Crippen molar-refractivity contribution in [3.63, 3.8) is 0 Å². The van der Waals surface area contributed by atoms with Gasteiger partial charge in [0, 0.05) is 20.2 Å². The maximum atomic E-state index is 11.8. The Morgan fingerprint density at radius 1 is 1.47 bits per heavy atom. The van der Waals surface area contributed by atoms with Gasteiger partial charge >= 0.3 is 0 Å². The highest BCUT2D eigenvalue weighted by atomic mass is 16.5. The van der Waals surface area contributed by atoms with Gasteiger partial charge in [-0.2, -0.15) is 0 Å². The van der Waals surface area contributed by atoms with Crippen LogP contribution in [0.25, 0.3) is 0 Å². The van der Waals surface area contributed by atoms with Crippen LogP contribution in [0.2, 0.25) is 0 Å². The van der Waals surface area contributed by atoms with E-state index in [9.17, 15) is 4.79 Å². The van der Waals surface area contributed by atoms with Crippen molar-refractivity contribution < 1.29 is 19.0 Å². The summed E-state index contributed by atoms with van der Waals surface area (Å²) < 4.78 is 15.5. The van der Waals surface area contributed by atoms with Gasteiger partial charge in [-0.3, -0.25) is 4.79 Å². The molecule has 2 N–H and O–H groups in total. The highest BCUT2D eigenvalue weighted by Crippen LogP contribution is 2.03. The van der Waals surface area contributed by atoms with Gasteiger partial charge in [0.1, 0.15) is 6.04 Å². The minimum Gasteiger partial charge on any atom is -0.382 e. The second-order valence-corrected chi connectivity index (χ2v) is 3.90. The number of rotatable bonds is 7. The van der Waals surface area contributed by atoms with Gasteiger partial charge < -0.3 is 24.8 Å². The molecular formula is C11H22N2O4. The zero-order valence-electron chi connectivity index (χ0n) is 10.5. The Hall–Kier alpha value is -0.690. The highest BCUT2D eigenvalue weighted by Gasteiger charge is 2.27. The molecule has 0 unspecified atom stereocenters. The predicted molar refractivity (Wildman–Crippen MR) is 62.9 cm³/mol. The maximum absolute atomic E-state index is 11.8. The van der Waals surface area contributed by atoms with Crippen LogP contribution in [0.4, 0.5) is 0 Å². The Morgan fingerprint density at radius 3 is 3.00 bits per heavy atom. The zero-order chi connectivity index (χ0) is 12.5. The second kappa shape index (κ2) is 8.41. The van der Waals surface area contributed by atoms with Gasteiger partial charge in [0.25, 0.3) is 0 Å². The summed E-state index contributed by atoms with van der Waals surface area (Å²) in [7, 11) is 1.63. The molecule has 0 radical (unpaired) electrons. The second-order valence-electron chi connectivity index (χ2n) is 3.90. The molecule has 1 rings (SSSR count). The van der Waals surface area contributed by atoms with Crippen molar-refractivity contribution in [1.29, 1.82) is 0 Å². The normalized spacial score (nSPS) is 24.6. The van der Waals surface area contributed by atoms with E-state index < -0.39 is 0 Å². The summed E-state index contributed by atoms with van der Waals surface area (Å²) in [5.41, 5.74) is 0. The van der Waals surface area contributed by atoms with E-state index in [4.69, 9.17) is 14.2 Å². The van der Waals surface area contributed by atoms with Crippen LogP contribution in [0.1, 0.15) is 6.92 Å². The third-order valence-corrected chi connectivity index (χ3v) is 2.58. The maximum Gasteiger partial charge on any atom is 0.239 e. The summed E-state index contributed by atoms with van der Waals surface area (Å²) in [4.78, 5) is 11.8. The van der Waals surface area contributed by atoms with Crippen LogP contribution in [0.15, 0.2) is 0 Å². The number of carbonyl (C=O) groups excluding carboxylic acids is 1. The molecule has 1 amide bonds. The molecule has 1 saturated heterocycles. The molecule has 1 heterocycles. The number of carbonyl (C=O) groups is 1. The Bertz CT molecular complexity index is 226. The van der Waals surface area contributed by atoms with Crippen LogP contribution in [0.3, 0.4) is 0 Å². The van der Waals surface area contributed by atoms with Gasteiger partial charge in [-0.25, -0.2) is 0 Å². The fourth-order valence-electron chi connectivity index (χ4n) is 1.63. The SMILES string of the molecule is COCCOCCNC(=O)[C@H]1NCCO[C@@H]1C. The first kappa shape index (κ1) is 14.4. The van der Waals surface area contributed by atoms with Crippen molar-refractivity contribution in [2.75, 3.05) is 46.6 Å². The summed E-state index contributed by atoms with van der Waals surface area (Å²) in [6.07, 6.45) is -0.0850. The van der Waals surface area contributed by atoms with Gasteiger partial charge in [0.2, 0.25) is 5.91 Å². The first-order valence-electron chi connectivity index (χ1n) is 5.95. The van der Waals surface area contributed by atoms with E-state index >= 15 is 0 Å². The van der Waals surface area contributed by atoms with E-state index in [1.807, 2.05) is 6.92 Å². The molecule has 17 heavy (non-hydrogen) atoms. The van der Waals surface area contributed by atoms with Gasteiger partial charge in [0.15, 0.2) is 0 Å². The number of ether oxygens (including phenoxy) is 3. The van der Waals surface area contributed by atoms with Crippen LogP contribution in [-0.2, 0) is 19.0 Å². The largest absolute Gasteiger partial charge is 0.382 e. The standard InChI is InChI=1S/C11H22N2O4/c1-9-10(12-4-6-17-9)11(14)13-3-5-16-8-7-15-2/h9-10,12H,3-8H2,1-2H3,(H,13,14)/t9-,10+/m1/s1. The molecule has 100 valence electrons. The van der Waals surface area contributed by atoms with Crippen molar-refractivity contribution >= 4 is 5.91 Å². The predicted octanol–water partition coefficient (Wildman–Crippen LogP) is -0.857. The molecule has 0 aromatic heterocycles. The molecule has 0 aromatic rings. The van der Waals surface area contributed by atoms with Gasteiger partial charge in [0.05, 0.1) is 32.5 Å². The Morgan fingerprint density at radius 2 is 2.29 bits per heavy atom. The Labute approximate surface area is 102 Å². The molecule has 0 saturated carbocycles.